The van der Waals surface area contributed by atoms with Crippen LogP contribution in [0.3, 0.4) is 0 Å². The Morgan fingerprint density at radius 3 is 2.89 bits per heavy atom. The van der Waals surface area contributed by atoms with Gasteiger partial charge in [0.2, 0.25) is 0 Å². The average molecular weight is 260 g/mol. The van der Waals surface area contributed by atoms with Crippen molar-refractivity contribution in [2.24, 2.45) is 0 Å². The van der Waals surface area contributed by atoms with E-state index < -0.39 is 5.82 Å². The topological polar surface area (TPSA) is 9.23 Å². The molecule has 0 amide bonds. The highest BCUT2D eigenvalue weighted by Crippen LogP contribution is 2.36. The van der Waals surface area contributed by atoms with E-state index in [-0.39, 0.29) is 6.61 Å². The lowest BCUT2D eigenvalue weighted by atomic mass is 10.0. The van der Waals surface area contributed by atoms with Crippen molar-refractivity contribution in [1.82, 2.24) is 0 Å². The van der Waals surface area contributed by atoms with Gasteiger partial charge in [-0.05, 0) is 12.1 Å². The molecule has 1 radical (unpaired) electrons. The molecule has 18 heavy (non-hydrogen) atoms. The molecule has 0 unspecified atom stereocenters. The van der Waals surface area contributed by atoms with E-state index in [0.29, 0.717) is 21.9 Å². The maximum atomic E-state index is 13.8. The highest BCUT2D eigenvalue weighted by atomic mass is 35.5. The number of para-hydroxylation sites is 1. The molecule has 0 aliphatic carbocycles. The van der Waals surface area contributed by atoms with Gasteiger partial charge in [0.05, 0.1) is 5.02 Å². The number of hydrogen-bond donors (Lipinski definition) is 0. The third kappa shape index (κ3) is 2.47. The average Bonchev–Trinajstić information content (AvgIpc) is 2.37. The number of hydrogen-bond acceptors (Lipinski definition) is 1. The standard InChI is InChI=1S/C15H9ClFO/c1-2-10-18-14-9-4-3-6-11(14)15-12(16)7-5-8-13(15)17/h1,3-8H,10H2. The molecule has 89 valence electrons. The molecule has 1 nitrogen and oxygen atoms in total. The molecule has 0 heterocycles. The Hall–Kier alpha value is -1.98. The van der Waals surface area contributed by atoms with Crippen molar-refractivity contribution in [2.75, 3.05) is 6.61 Å². The summed E-state index contributed by atoms with van der Waals surface area (Å²) < 4.78 is 19.2. The fourth-order valence-electron chi connectivity index (χ4n) is 1.61. The predicted octanol–water partition coefficient (Wildman–Crippen LogP) is 3.96. The Labute approximate surface area is 110 Å². The second kappa shape index (κ2) is 5.57. The summed E-state index contributed by atoms with van der Waals surface area (Å²) >= 11 is 6.02. The molecule has 0 N–H and O–H groups in total. The van der Waals surface area contributed by atoms with E-state index in [1.54, 1.807) is 30.3 Å². The lowest BCUT2D eigenvalue weighted by Crippen LogP contribution is -1.97. The number of benzene rings is 2. The highest BCUT2D eigenvalue weighted by molar-refractivity contribution is 6.33. The summed E-state index contributed by atoms with van der Waals surface area (Å²) in [6.45, 7) is 0.0968. The Morgan fingerprint density at radius 1 is 1.33 bits per heavy atom. The molecule has 0 saturated carbocycles. The van der Waals surface area contributed by atoms with Gasteiger partial charge in [-0.15, -0.1) is 6.42 Å². The smallest absolute Gasteiger partial charge is 0.148 e. The quantitative estimate of drug-likeness (QED) is 0.758. The normalized spacial score (nSPS) is 9.83. The first kappa shape index (κ1) is 12.5. The summed E-state index contributed by atoms with van der Waals surface area (Å²) in [5.41, 5.74) is 0.832. The van der Waals surface area contributed by atoms with Crippen molar-refractivity contribution in [3.8, 4) is 29.2 Å². The molecule has 0 bridgehead atoms. The van der Waals surface area contributed by atoms with Crippen LogP contribution in [-0.4, -0.2) is 6.61 Å². The van der Waals surface area contributed by atoms with Crippen molar-refractivity contribution in [1.29, 1.82) is 0 Å². The van der Waals surface area contributed by atoms with Gasteiger partial charge < -0.3 is 4.74 Å². The molecule has 0 spiro atoms. The van der Waals surface area contributed by atoms with E-state index >= 15 is 0 Å². The van der Waals surface area contributed by atoms with Crippen molar-refractivity contribution in [3.63, 3.8) is 0 Å². The molecule has 0 aliphatic rings. The molecule has 2 aromatic carbocycles. The SMILES string of the molecule is C#CCOc1[c]cccc1-c1c(F)cccc1Cl. The van der Waals surface area contributed by atoms with E-state index in [4.69, 9.17) is 22.8 Å². The van der Waals surface area contributed by atoms with Crippen LogP contribution in [0, 0.1) is 24.2 Å². The molecule has 2 rings (SSSR count). The van der Waals surface area contributed by atoms with Crippen molar-refractivity contribution in [3.05, 3.63) is 53.3 Å². The zero-order valence-corrected chi connectivity index (χ0v) is 10.2. The van der Waals surface area contributed by atoms with Crippen LogP contribution < -0.4 is 4.74 Å². The summed E-state index contributed by atoms with van der Waals surface area (Å²) in [5.74, 6) is 2.34. The van der Waals surface area contributed by atoms with Crippen molar-refractivity contribution in [2.45, 2.75) is 0 Å². The van der Waals surface area contributed by atoms with Gasteiger partial charge in [0.15, 0.2) is 0 Å². The molecule has 3 heteroatoms. The van der Waals surface area contributed by atoms with Gasteiger partial charge in [0, 0.05) is 17.2 Å². The van der Waals surface area contributed by atoms with Gasteiger partial charge in [-0.3, -0.25) is 0 Å². The minimum atomic E-state index is -0.410. The largest absolute Gasteiger partial charge is 0.480 e. The third-order valence-corrected chi connectivity index (χ3v) is 2.67. The summed E-state index contributed by atoms with van der Waals surface area (Å²) in [4.78, 5) is 0. The molecule has 0 saturated heterocycles. The molecule has 0 aromatic heterocycles. The minimum Gasteiger partial charge on any atom is -0.480 e. The monoisotopic (exact) mass is 259 g/mol. The third-order valence-electron chi connectivity index (χ3n) is 2.35. The van der Waals surface area contributed by atoms with E-state index in [2.05, 4.69) is 12.0 Å². The van der Waals surface area contributed by atoms with Crippen LogP contribution >= 0.6 is 11.6 Å². The van der Waals surface area contributed by atoms with Crippen LogP contribution in [0.2, 0.25) is 5.02 Å². The van der Waals surface area contributed by atoms with Crippen LogP contribution in [0.5, 0.6) is 5.75 Å². The Morgan fingerprint density at radius 2 is 2.17 bits per heavy atom. The molecule has 0 fully saturated rings. The van der Waals surface area contributed by atoms with Crippen LogP contribution in [0.4, 0.5) is 4.39 Å². The fourth-order valence-corrected chi connectivity index (χ4v) is 1.87. The number of ether oxygens (including phenoxy) is 1. The fraction of sp³-hybridized carbons (Fsp3) is 0.0667. The zero-order chi connectivity index (χ0) is 13.0. The van der Waals surface area contributed by atoms with Crippen LogP contribution in [0.15, 0.2) is 36.4 Å². The van der Waals surface area contributed by atoms with E-state index in [1.165, 1.54) is 6.07 Å². The van der Waals surface area contributed by atoms with Crippen molar-refractivity contribution >= 4 is 11.6 Å². The minimum absolute atomic E-state index is 0.0968. The molecular weight excluding hydrogens is 251 g/mol. The molecular formula is C15H9ClFO. The lowest BCUT2D eigenvalue weighted by molar-refractivity contribution is 0.371. The highest BCUT2D eigenvalue weighted by Gasteiger charge is 2.13. The summed E-state index contributed by atoms with van der Waals surface area (Å²) in [6, 6.07) is 12.5. The summed E-state index contributed by atoms with van der Waals surface area (Å²) in [5, 5.41) is 0.320. The summed E-state index contributed by atoms with van der Waals surface area (Å²) in [6.07, 6.45) is 5.14. The predicted molar refractivity (Wildman–Crippen MR) is 70.0 cm³/mol. The Bertz CT molecular complexity index is 581. The summed E-state index contributed by atoms with van der Waals surface area (Å²) in [7, 11) is 0. The van der Waals surface area contributed by atoms with E-state index in [9.17, 15) is 4.39 Å². The molecule has 0 aliphatic heterocycles. The van der Waals surface area contributed by atoms with E-state index in [1.807, 2.05) is 0 Å². The lowest BCUT2D eigenvalue weighted by Gasteiger charge is -2.11. The number of terminal acetylenes is 1. The molecule has 0 atom stereocenters. The maximum Gasteiger partial charge on any atom is 0.148 e. The van der Waals surface area contributed by atoms with Gasteiger partial charge in [0.1, 0.15) is 18.2 Å². The number of halogens is 2. The first-order chi connectivity index (χ1) is 8.74. The number of rotatable bonds is 3. The van der Waals surface area contributed by atoms with Gasteiger partial charge in [-0.2, -0.15) is 0 Å². The maximum absolute atomic E-state index is 13.8. The van der Waals surface area contributed by atoms with Gasteiger partial charge in [-0.1, -0.05) is 41.8 Å². The second-order valence-electron chi connectivity index (χ2n) is 3.50. The molecule has 2 aromatic rings. The first-order valence-electron chi connectivity index (χ1n) is 5.25. The first-order valence-corrected chi connectivity index (χ1v) is 5.63. The van der Waals surface area contributed by atoms with Crippen LogP contribution in [-0.2, 0) is 0 Å². The van der Waals surface area contributed by atoms with Crippen molar-refractivity contribution < 1.29 is 9.13 Å². The van der Waals surface area contributed by atoms with E-state index in [0.717, 1.165) is 0 Å². The van der Waals surface area contributed by atoms with Gasteiger partial charge in [-0.25, -0.2) is 4.39 Å². The Kier molecular flexibility index (Phi) is 3.86. The zero-order valence-electron chi connectivity index (χ0n) is 9.41. The van der Waals surface area contributed by atoms with Crippen LogP contribution in [0.25, 0.3) is 11.1 Å². The van der Waals surface area contributed by atoms with Gasteiger partial charge in [0.25, 0.3) is 0 Å². The van der Waals surface area contributed by atoms with Crippen LogP contribution in [0.1, 0.15) is 0 Å². The van der Waals surface area contributed by atoms with Gasteiger partial charge >= 0.3 is 0 Å². The second-order valence-corrected chi connectivity index (χ2v) is 3.91. The Balaban J connectivity index is 2.54.